The minimum atomic E-state index is -1.07. The van der Waals surface area contributed by atoms with E-state index in [-0.39, 0.29) is 16.1 Å². The van der Waals surface area contributed by atoms with Gasteiger partial charge in [-0.25, -0.2) is 4.79 Å². The Morgan fingerprint density at radius 1 is 1.56 bits per heavy atom. The average molecular weight is 318 g/mol. The third-order valence-electron chi connectivity index (χ3n) is 3.42. The number of carboxylic acids is 1. The Kier molecular flexibility index (Phi) is 3.51. The van der Waals surface area contributed by atoms with Crippen LogP contribution in [0.15, 0.2) is 4.52 Å². The van der Waals surface area contributed by atoms with Crippen LogP contribution in [0.2, 0.25) is 0 Å². The molecule has 100 valence electrons. The zero-order chi connectivity index (χ0) is 13.5. The molecule has 0 spiro atoms. The minimum Gasteiger partial charge on any atom is -0.476 e. The second-order valence-electron chi connectivity index (χ2n) is 5.14. The molecule has 1 aliphatic rings. The summed E-state index contributed by atoms with van der Waals surface area (Å²) >= 11 is 3.63. The molecule has 0 unspecified atom stereocenters. The van der Waals surface area contributed by atoms with E-state index in [2.05, 4.69) is 34.9 Å². The molecule has 0 bridgehead atoms. The van der Waals surface area contributed by atoms with Crippen LogP contribution in [-0.2, 0) is 4.74 Å². The normalized spacial score (nSPS) is 24.4. The molecule has 0 aromatic carbocycles. The van der Waals surface area contributed by atoms with Crippen LogP contribution in [0.4, 0.5) is 0 Å². The van der Waals surface area contributed by atoms with Gasteiger partial charge in [-0.05, 0) is 33.1 Å². The smallest absolute Gasteiger partial charge is 0.358 e. The third kappa shape index (κ3) is 2.44. The van der Waals surface area contributed by atoms with Crippen molar-refractivity contribution in [1.29, 1.82) is 0 Å². The van der Waals surface area contributed by atoms with Crippen LogP contribution in [0.25, 0.3) is 0 Å². The molecule has 2 atom stereocenters. The van der Waals surface area contributed by atoms with Crippen LogP contribution in [0, 0.1) is 12.8 Å². The van der Waals surface area contributed by atoms with Crippen molar-refractivity contribution in [2.24, 2.45) is 5.92 Å². The lowest BCUT2D eigenvalue weighted by molar-refractivity contribution is 0.0681. The molecular weight excluding hydrogens is 302 g/mol. The minimum absolute atomic E-state index is 0.00863. The van der Waals surface area contributed by atoms with Crippen LogP contribution in [-0.4, -0.2) is 27.2 Å². The molecule has 1 N–H and O–H groups in total. The predicted octanol–water partition coefficient (Wildman–Crippen LogP) is 2.93. The number of carboxylic acid groups (broad SMARTS) is 1. The summed E-state index contributed by atoms with van der Waals surface area (Å²) in [6.07, 6.45) is 0.597. The van der Waals surface area contributed by atoms with Gasteiger partial charge in [0.1, 0.15) is 6.10 Å². The Hall–Kier alpha value is -0.880. The largest absolute Gasteiger partial charge is 0.476 e. The number of hydrogen-bond acceptors (Lipinski definition) is 4. The fourth-order valence-electron chi connectivity index (χ4n) is 2.14. The maximum atomic E-state index is 10.9. The summed E-state index contributed by atoms with van der Waals surface area (Å²) in [4.78, 5) is 10.9. The van der Waals surface area contributed by atoms with E-state index in [9.17, 15) is 4.79 Å². The number of aromatic carboxylic acids is 1. The van der Waals surface area contributed by atoms with Crippen molar-refractivity contribution in [1.82, 2.24) is 5.16 Å². The second-order valence-corrected chi connectivity index (χ2v) is 7.19. The topological polar surface area (TPSA) is 72.6 Å². The van der Waals surface area contributed by atoms with Gasteiger partial charge in [-0.2, -0.15) is 0 Å². The number of rotatable bonds is 3. The van der Waals surface area contributed by atoms with E-state index in [0.29, 0.717) is 23.8 Å². The molecule has 1 aromatic heterocycles. The van der Waals surface area contributed by atoms with E-state index < -0.39 is 5.97 Å². The van der Waals surface area contributed by atoms with Gasteiger partial charge in [-0.1, -0.05) is 21.1 Å². The molecule has 2 heterocycles. The van der Waals surface area contributed by atoms with Crippen LogP contribution >= 0.6 is 15.9 Å². The Labute approximate surface area is 114 Å². The van der Waals surface area contributed by atoms with Gasteiger partial charge in [-0.3, -0.25) is 0 Å². The van der Waals surface area contributed by atoms with Crippen LogP contribution in [0.3, 0.4) is 0 Å². The Morgan fingerprint density at radius 2 is 2.22 bits per heavy atom. The lowest BCUT2D eigenvalue weighted by Gasteiger charge is -2.22. The lowest BCUT2D eigenvalue weighted by atomic mass is 9.92. The van der Waals surface area contributed by atoms with Gasteiger partial charge >= 0.3 is 5.97 Å². The van der Waals surface area contributed by atoms with Gasteiger partial charge in [0.2, 0.25) is 0 Å². The summed E-state index contributed by atoms with van der Waals surface area (Å²) in [7, 11) is 0. The molecule has 5 nitrogen and oxygen atoms in total. The highest BCUT2D eigenvalue weighted by Gasteiger charge is 2.38. The lowest BCUT2D eigenvalue weighted by Crippen LogP contribution is -2.23. The summed E-state index contributed by atoms with van der Waals surface area (Å²) in [6.45, 7) is 6.52. The van der Waals surface area contributed by atoms with Gasteiger partial charge in [0.25, 0.3) is 0 Å². The summed E-state index contributed by atoms with van der Waals surface area (Å²) in [5, 5.41) is 12.5. The van der Waals surface area contributed by atoms with Gasteiger partial charge in [-0.15, -0.1) is 0 Å². The Balaban J connectivity index is 2.18. The van der Waals surface area contributed by atoms with Gasteiger partial charge in [0.15, 0.2) is 11.5 Å². The molecule has 0 amide bonds. The first kappa shape index (κ1) is 13.5. The number of nitrogens with zero attached hydrogens (tertiary/aromatic N) is 1. The quantitative estimate of drug-likeness (QED) is 0.868. The summed E-state index contributed by atoms with van der Waals surface area (Å²) < 4.78 is 10.8. The van der Waals surface area contributed by atoms with Crippen LogP contribution in [0.5, 0.6) is 0 Å². The average Bonchev–Trinajstić information content (AvgIpc) is 2.81. The van der Waals surface area contributed by atoms with Crippen molar-refractivity contribution in [3.05, 3.63) is 17.0 Å². The van der Waals surface area contributed by atoms with Crippen molar-refractivity contribution < 1.29 is 19.2 Å². The van der Waals surface area contributed by atoms with Gasteiger partial charge in [0, 0.05) is 9.89 Å². The maximum Gasteiger partial charge on any atom is 0.358 e. The summed E-state index contributed by atoms with van der Waals surface area (Å²) in [5.74, 6) is -0.176. The molecule has 1 saturated heterocycles. The number of aromatic nitrogens is 1. The zero-order valence-corrected chi connectivity index (χ0v) is 12.2. The summed E-state index contributed by atoms with van der Waals surface area (Å²) in [5.41, 5.74) is 0.524. The number of alkyl halides is 1. The number of halogens is 1. The molecule has 6 heteroatoms. The Bertz CT molecular complexity index is 463. The molecule has 2 rings (SSSR count). The predicted molar refractivity (Wildman–Crippen MR) is 68.0 cm³/mol. The van der Waals surface area contributed by atoms with Crippen molar-refractivity contribution in [2.75, 3.05) is 6.61 Å². The third-order valence-corrected chi connectivity index (χ3v) is 4.07. The van der Waals surface area contributed by atoms with E-state index in [0.717, 1.165) is 6.42 Å². The molecule has 18 heavy (non-hydrogen) atoms. The van der Waals surface area contributed by atoms with Crippen molar-refractivity contribution in [3.8, 4) is 0 Å². The maximum absolute atomic E-state index is 10.9. The molecule has 0 saturated carbocycles. The zero-order valence-electron chi connectivity index (χ0n) is 10.6. The van der Waals surface area contributed by atoms with E-state index in [1.54, 1.807) is 6.92 Å². The number of hydrogen-bond donors (Lipinski definition) is 1. The van der Waals surface area contributed by atoms with Crippen molar-refractivity contribution >= 4 is 21.9 Å². The number of ether oxygens (including phenoxy) is 1. The van der Waals surface area contributed by atoms with Crippen LogP contribution in [0.1, 0.15) is 48.2 Å². The second kappa shape index (κ2) is 4.66. The first-order valence-corrected chi connectivity index (χ1v) is 6.60. The highest BCUT2D eigenvalue weighted by Crippen LogP contribution is 2.42. The van der Waals surface area contributed by atoms with Crippen LogP contribution < -0.4 is 0 Å². The monoisotopic (exact) mass is 317 g/mol. The standard InChI is InChI=1S/C12H16BrNO4/c1-6-9(11(15)16)14-18-10(6)8-4-7(5-17-8)12(2,3)13/h7-8H,4-5H2,1-3H3,(H,15,16)/t7-,8+/m1/s1. The first-order valence-electron chi connectivity index (χ1n) is 5.80. The Morgan fingerprint density at radius 3 is 2.67 bits per heavy atom. The highest BCUT2D eigenvalue weighted by molar-refractivity contribution is 9.10. The van der Waals surface area contributed by atoms with Crippen molar-refractivity contribution in [2.45, 2.75) is 37.6 Å². The molecule has 0 radical (unpaired) electrons. The first-order chi connectivity index (χ1) is 8.30. The number of carbonyl (C=O) groups is 1. The van der Waals surface area contributed by atoms with Gasteiger partial charge in [0.05, 0.1) is 6.61 Å². The van der Waals surface area contributed by atoms with Gasteiger partial charge < -0.3 is 14.4 Å². The van der Waals surface area contributed by atoms with E-state index >= 15 is 0 Å². The molecule has 0 aliphatic carbocycles. The SMILES string of the molecule is Cc1c(C(=O)O)noc1[C@@H]1C[C@@H](C(C)(C)Br)CO1. The molecular formula is C12H16BrNO4. The van der Waals surface area contributed by atoms with Crippen molar-refractivity contribution in [3.63, 3.8) is 0 Å². The fraction of sp³-hybridized carbons (Fsp3) is 0.667. The van der Waals surface area contributed by atoms with E-state index in [1.165, 1.54) is 0 Å². The molecule has 1 fully saturated rings. The van der Waals surface area contributed by atoms with E-state index in [1.807, 2.05) is 0 Å². The molecule has 1 aromatic rings. The summed E-state index contributed by atoms with van der Waals surface area (Å²) in [6, 6.07) is 0. The highest BCUT2D eigenvalue weighted by atomic mass is 79.9. The van der Waals surface area contributed by atoms with E-state index in [4.69, 9.17) is 14.4 Å². The molecule has 1 aliphatic heterocycles. The fourth-order valence-corrected chi connectivity index (χ4v) is 2.46.